The Morgan fingerprint density at radius 3 is 2.09 bits per heavy atom. The second-order valence-electron chi connectivity index (χ2n) is 4.90. The van der Waals surface area contributed by atoms with Crippen LogP contribution in [0.2, 0.25) is 5.02 Å². The summed E-state index contributed by atoms with van der Waals surface area (Å²) in [6.07, 6.45) is 0. The van der Waals surface area contributed by atoms with Gasteiger partial charge in [-0.2, -0.15) is 0 Å². The molecule has 0 spiro atoms. The molecule has 0 N–H and O–H groups in total. The van der Waals surface area contributed by atoms with Crippen LogP contribution in [0.1, 0.15) is 18.1 Å². The highest BCUT2D eigenvalue weighted by molar-refractivity contribution is 6.30. The Bertz CT molecular complexity index is 660. The van der Waals surface area contributed by atoms with Crippen molar-refractivity contribution in [1.29, 1.82) is 0 Å². The Morgan fingerprint density at radius 2 is 1.59 bits per heavy atom. The first-order chi connectivity index (χ1) is 10.6. The third-order valence-corrected chi connectivity index (χ3v) is 3.17. The van der Waals surface area contributed by atoms with Gasteiger partial charge in [-0.1, -0.05) is 35.5 Å². The molecule has 0 heterocycles. The van der Waals surface area contributed by atoms with E-state index in [1.165, 1.54) is 7.11 Å². The average molecular weight is 316 g/mol. The predicted octanol–water partition coefficient (Wildman–Crippen LogP) is 4.69. The molecule has 0 aliphatic carbocycles. The van der Waals surface area contributed by atoms with Crippen molar-refractivity contribution in [3.63, 3.8) is 0 Å². The zero-order valence-corrected chi connectivity index (χ0v) is 13.4. The highest BCUT2D eigenvalue weighted by Gasteiger charge is 2.08. The zero-order chi connectivity index (χ0) is 15.9. The summed E-state index contributed by atoms with van der Waals surface area (Å²) in [5.41, 5.74) is 3.59. The molecule has 0 aliphatic rings. The molecule has 4 heteroatoms. The quantitative estimate of drug-likeness (QED) is 0.440. The van der Waals surface area contributed by atoms with Crippen molar-refractivity contribution in [3.05, 3.63) is 76.8 Å². The maximum atomic E-state index is 5.93. The molecule has 2 aromatic rings. The van der Waals surface area contributed by atoms with Gasteiger partial charge in [-0.15, -0.1) is 0 Å². The molecule has 3 nitrogen and oxygen atoms in total. The Balaban J connectivity index is 2.24. The van der Waals surface area contributed by atoms with Crippen LogP contribution in [0.4, 0.5) is 0 Å². The maximum absolute atomic E-state index is 5.93. The zero-order valence-electron chi connectivity index (χ0n) is 12.7. The van der Waals surface area contributed by atoms with Gasteiger partial charge in [0.05, 0.1) is 0 Å². The minimum Gasteiger partial charge on any atom is -0.489 e. The lowest BCUT2D eigenvalue weighted by Gasteiger charge is -2.09. The second-order valence-corrected chi connectivity index (χ2v) is 5.34. The van der Waals surface area contributed by atoms with E-state index in [0.717, 1.165) is 28.2 Å². The lowest BCUT2D eigenvalue weighted by Crippen LogP contribution is -2.04. The summed E-state index contributed by atoms with van der Waals surface area (Å²) >= 11 is 5.93. The summed E-state index contributed by atoms with van der Waals surface area (Å²) in [6.45, 7) is 6.25. The highest BCUT2D eigenvalue weighted by Crippen LogP contribution is 2.18. The maximum Gasteiger partial charge on any atom is 0.119 e. The summed E-state index contributed by atoms with van der Waals surface area (Å²) in [4.78, 5) is 4.96. The van der Waals surface area contributed by atoms with Crippen molar-refractivity contribution in [2.75, 3.05) is 13.7 Å². The van der Waals surface area contributed by atoms with E-state index in [-0.39, 0.29) is 0 Å². The van der Waals surface area contributed by atoms with E-state index in [9.17, 15) is 0 Å². The van der Waals surface area contributed by atoms with Gasteiger partial charge in [-0.25, -0.2) is 0 Å². The van der Waals surface area contributed by atoms with Crippen LogP contribution < -0.4 is 4.74 Å². The molecule has 0 saturated heterocycles. The van der Waals surface area contributed by atoms with Gasteiger partial charge in [0, 0.05) is 16.1 Å². The Hall–Kier alpha value is -2.26. The van der Waals surface area contributed by atoms with Crippen molar-refractivity contribution in [1.82, 2.24) is 0 Å². The number of halogens is 1. The van der Waals surface area contributed by atoms with Crippen molar-refractivity contribution in [3.8, 4) is 5.75 Å². The fourth-order valence-electron chi connectivity index (χ4n) is 1.89. The topological polar surface area (TPSA) is 30.8 Å². The lowest BCUT2D eigenvalue weighted by molar-refractivity contribution is 0.214. The fraction of sp³-hybridized carbons (Fsp3) is 0.167. The van der Waals surface area contributed by atoms with Crippen LogP contribution >= 0.6 is 11.6 Å². The van der Waals surface area contributed by atoms with Gasteiger partial charge >= 0.3 is 0 Å². The SMILES string of the molecule is C=C(C)COc1ccc(/C(=N\OC)c2ccc(Cl)cc2)cc1. The Labute approximate surface area is 135 Å². The van der Waals surface area contributed by atoms with Crippen LogP contribution in [0.25, 0.3) is 0 Å². The Kier molecular flexibility index (Phi) is 5.61. The number of oxime groups is 1. The van der Waals surface area contributed by atoms with Crippen LogP contribution in [0.5, 0.6) is 5.75 Å². The molecule has 114 valence electrons. The van der Waals surface area contributed by atoms with E-state index >= 15 is 0 Å². The number of rotatable bonds is 6. The van der Waals surface area contributed by atoms with Crippen molar-refractivity contribution in [2.45, 2.75) is 6.92 Å². The molecule has 0 radical (unpaired) electrons. The average Bonchev–Trinajstić information content (AvgIpc) is 2.52. The fourth-order valence-corrected chi connectivity index (χ4v) is 2.01. The molecule has 0 aromatic heterocycles. The first-order valence-corrected chi connectivity index (χ1v) is 7.22. The Morgan fingerprint density at radius 1 is 1.05 bits per heavy atom. The van der Waals surface area contributed by atoms with Crippen molar-refractivity contribution in [2.24, 2.45) is 5.16 Å². The number of benzene rings is 2. The van der Waals surface area contributed by atoms with E-state index < -0.39 is 0 Å². The summed E-state index contributed by atoms with van der Waals surface area (Å²) in [5, 5.41) is 4.80. The minimum atomic E-state index is 0.509. The third-order valence-electron chi connectivity index (χ3n) is 2.91. The molecular formula is C18H18ClNO2. The third kappa shape index (κ3) is 4.37. The number of nitrogens with zero attached hydrogens (tertiary/aromatic N) is 1. The molecule has 0 unspecified atom stereocenters. The standard InChI is InChI=1S/C18H18ClNO2/c1-13(2)12-22-17-10-6-15(7-11-17)18(20-21-3)14-4-8-16(19)9-5-14/h4-11H,1,12H2,2-3H3/b20-18-. The molecule has 0 aliphatic heterocycles. The second kappa shape index (κ2) is 7.66. The highest BCUT2D eigenvalue weighted by atomic mass is 35.5. The number of ether oxygens (including phenoxy) is 1. The molecular weight excluding hydrogens is 298 g/mol. The normalized spacial score (nSPS) is 11.1. The van der Waals surface area contributed by atoms with Crippen molar-refractivity contribution >= 4 is 17.3 Å². The predicted molar refractivity (Wildman–Crippen MR) is 90.9 cm³/mol. The lowest BCUT2D eigenvalue weighted by atomic mass is 10.0. The van der Waals surface area contributed by atoms with E-state index in [4.69, 9.17) is 21.2 Å². The van der Waals surface area contributed by atoms with Gasteiger partial charge in [-0.3, -0.25) is 0 Å². The van der Waals surface area contributed by atoms with Crippen molar-refractivity contribution < 1.29 is 9.57 Å². The number of hydrogen-bond donors (Lipinski definition) is 0. The summed E-state index contributed by atoms with van der Waals surface area (Å²) in [7, 11) is 1.53. The van der Waals surface area contributed by atoms with Crippen LogP contribution in [0.3, 0.4) is 0 Å². The van der Waals surface area contributed by atoms with Crippen LogP contribution in [0, 0.1) is 0 Å². The first kappa shape index (κ1) is 16.1. The largest absolute Gasteiger partial charge is 0.489 e. The molecule has 0 amide bonds. The van der Waals surface area contributed by atoms with Gasteiger partial charge in [-0.05, 0) is 48.9 Å². The van der Waals surface area contributed by atoms with Gasteiger partial charge in [0.15, 0.2) is 0 Å². The van der Waals surface area contributed by atoms with Crippen LogP contribution in [0.15, 0.2) is 65.8 Å². The van der Waals surface area contributed by atoms with E-state index in [0.29, 0.717) is 11.6 Å². The molecule has 0 fully saturated rings. The molecule has 2 rings (SSSR count). The van der Waals surface area contributed by atoms with Gasteiger partial charge in [0.2, 0.25) is 0 Å². The minimum absolute atomic E-state index is 0.509. The summed E-state index contributed by atoms with van der Waals surface area (Å²) < 4.78 is 5.60. The van der Waals surface area contributed by atoms with E-state index in [2.05, 4.69) is 11.7 Å². The molecule has 0 bridgehead atoms. The number of hydrogen-bond acceptors (Lipinski definition) is 3. The summed E-state index contributed by atoms with van der Waals surface area (Å²) in [5.74, 6) is 0.791. The smallest absolute Gasteiger partial charge is 0.119 e. The van der Waals surface area contributed by atoms with E-state index in [1.54, 1.807) is 0 Å². The summed E-state index contributed by atoms with van der Waals surface area (Å²) in [6, 6.07) is 15.2. The van der Waals surface area contributed by atoms with Crippen LogP contribution in [-0.2, 0) is 4.84 Å². The molecule has 0 atom stereocenters. The van der Waals surface area contributed by atoms with Crippen LogP contribution in [-0.4, -0.2) is 19.4 Å². The van der Waals surface area contributed by atoms with Gasteiger partial charge < -0.3 is 9.57 Å². The van der Waals surface area contributed by atoms with Gasteiger partial charge in [0.1, 0.15) is 25.2 Å². The monoisotopic (exact) mass is 315 g/mol. The molecule has 22 heavy (non-hydrogen) atoms. The van der Waals surface area contributed by atoms with E-state index in [1.807, 2.05) is 55.5 Å². The molecule has 0 saturated carbocycles. The molecule has 2 aromatic carbocycles. The first-order valence-electron chi connectivity index (χ1n) is 6.85. The van der Waals surface area contributed by atoms with Gasteiger partial charge in [0.25, 0.3) is 0 Å².